The molecule has 0 bridgehead atoms. The molecule has 1 heterocycles. The van der Waals surface area contributed by atoms with Crippen LogP contribution in [0.2, 0.25) is 0 Å². The molecule has 0 fully saturated rings. The lowest BCUT2D eigenvalue weighted by molar-refractivity contribution is 0.404. The molecule has 22 heavy (non-hydrogen) atoms. The van der Waals surface area contributed by atoms with Crippen molar-refractivity contribution in [3.05, 3.63) is 64.7 Å². The summed E-state index contributed by atoms with van der Waals surface area (Å²) >= 11 is 0. The number of aryl methyl sites for hydroxylation is 2. The number of nitrogens with one attached hydrogen (secondary N) is 2. The van der Waals surface area contributed by atoms with Crippen LogP contribution in [-0.4, -0.2) is 12.2 Å². The molecule has 1 aliphatic rings. The van der Waals surface area contributed by atoms with Crippen molar-refractivity contribution in [3.63, 3.8) is 0 Å². The van der Waals surface area contributed by atoms with Crippen molar-refractivity contribution in [2.75, 3.05) is 7.11 Å². The number of benzene rings is 2. The molecule has 2 aromatic rings. The predicted octanol–water partition coefficient (Wildman–Crippen LogP) is 3.21. The lowest BCUT2D eigenvalue weighted by Gasteiger charge is -2.13. The summed E-state index contributed by atoms with van der Waals surface area (Å²) < 4.78 is 5.41. The minimum atomic E-state index is -0.00799. The monoisotopic (exact) mass is 296 g/mol. The van der Waals surface area contributed by atoms with E-state index in [9.17, 15) is 5.11 Å². The topological polar surface area (TPSA) is 53.5 Å². The van der Waals surface area contributed by atoms with E-state index in [2.05, 4.69) is 16.9 Å². The second-order valence-corrected chi connectivity index (χ2v) is 5.55. The van der Waals surface area contributed by atoms with Gasteiger partial charge in [0.1, 0.15) is 11.5 Å². The molecule has 0 aromatic heterocycles. The molecule has 0 saturated carbocycles. The van der Waals surface area contributed by atoms with Gasteiger partial charge in [-0.3, -0.25) is 0 Å². The minimum absolute atomic E-state index is 0.00799. The first-order valence-electron chi connectivity index (χ1n) is 7.27. The smallest absolute Gasteiger partial charge is 0.127 e. The highest BCUT2D eigenvalue weighted by molar-refractivity contribution is 5.73. The van der Waals surface area contributed by atoms with Gasteiger partial charge in [-0.1, -0.05) is 24.3 Å². The maximum Gasteiger partial charge on any atom is 0.127 e. The average Bonchev–Trinajstić information content (AvgIpc) is 3.00. The van der Waals surface area contributed by atoms with Crippen molar-refractivity contribution >= 4 is 5.70 Å². The van der Waals surface area contributed by atoms with Gasteiger partial charge in [0.05, 0.1) is 18.8 Å². The van der Waals surface area contributed by atoms with Crippen molar-refractivity contribution in [2.24, 2.45) is 0 Å². The molecule has 0 amide bonds. The van der Waals surface area contributed by atoms with E-state index < -0.39 is 0 Å². The lowest BCUT2D eigenvalue weighted by atomic mass is 10.0. The number of para-hydroxylation sites is 1. The van der Waals surface area contributed by atoms with Crippen molar-refractivity contribution in [3.8, 4) is 11.5 Å². The molecule has 4 nitrogen and oxygen atoms in total. The third kappa shape index (κ3) is 2.53. The second-order valence-electron chi connectivity index (χ2n) is 5.55. The maximum absolute atomic E-state index is 10.3. The molecular weight excluding hydrogens is 276 g/mol. The Kier molecular flexibility index (Phi) is 3.77. The van der Waals surface area contributed by atoms with Crippen LogP contribution in [0.25, 0.3) is 5.70 Å². The quantitative estimate of drug-likeness (QED) is 0.814. The van der Waals surface area contributed by atoms with Crippen LogP contribution in [-0.2, 0) is 0 Å². The standard InChI is InChI=1S/C18H20N2O2/c1-11-8-12(2)18(21)14(9-11)16-10-15(19-20-16)13-6-4-5-7-17(13)22-3/h4-10,15,19-21H,1-3H3/t15-/m1/s1. The number of ether oxygens (including phenoxy) is 1. The van der Waals surface area contributed by atoms with Crippen LogP contribution in [0.15, 0.2) is 42.5 Å². The fourth-order valence-corrected chi connectivity index (χ4v) is 2.82. The van der Waals surface area contributed by atoms with E-state index in [1.165, 1.54) is 0 Å². The Labute approximate surface area is 130 Å². The Balaban J connectivity index is 1.99. The zero-order valence-electron chi connectivity index (χ0n) is 13.0. The molecule has 4 heteroatoms. The highest BCUT2D eigenvalue weighted by Gasteiger charge is 2.22. The molecule has 0 saturated heterocycles. The number of rotatable bonds is 3. The number of hydrazine groups is 1. The zero-order chi connectivity index (χ0) is 15.7. The van der Waals surface area contributed by atoms with Gasteiger partial charge < -0.3 is 15.3 Å². The third-order valence-electron chi connectivity index (χ3n) is 3.90. The van der Waals surface area contributed by atoms with Gasteiger partial charge in [0, 0.05) is 11.1 Å². The molecule has 0 aliphatic carbocycles. The summed E-state index contributed by atoms with van der Waals surface area (Å²) in [6.07, 6.45) is 2.06. The Morgan fingerprint density at radius 2 is 1.91 bits per heavy atom. The summed E-state index contributed by atoms with van der Waals surface area (Å²) in [6.45, 7) is 3.93. The molecular formula is C18H20N2O2. The van der Waals surface area contributed by atoms with Gasteiger partial charge in [-0.2, -0.15) is 0 Å². The predicted molar refractivity (Wildman–Crippen MR) is 87.6 cm³/mol. The Morgan fingerprint density at radius 3 is 2.68 bits per heavy atom. The first-order valence-corrected chi connectivity index (χ1v) is 7.27. The Bertz CT molecular complexity index is 738. The van der Waals surface area contributed by atoms with Crippen LogP contribution < -0.4 is 15.6 Å². The fourth-order valence-electron chi connectivity index (χ4n) is 2.82. The maximum atomic E-state index is 10.3. The number of hydrogen-bond acceptors (Lipinski definition) is 4. The van der Waals surface area contributed by atoms with Gasteiger partial charge >= 0.3 is 0 Å². The molecule has 0 radical (unpaired) electrons. The summed E-state index contributed by atoms with van der Waals surface area (Å²) in [4.78, 5) is 0. The van der Waals surface area contributed by atoms with Crippen LogP contribution in [0.1, 0.15) is 28.3 Å². The molecule has 1 atom stereocenters. The molecule has 0 spiro atoms. The van der Waals surface area contributed by atoms with Crippen LogP contribution in [0.3, 0.4) is 0 Å². The van der Waals surface area contributed by atoms with Crippen molar-refractivity contribution in [1.29, 1.82) is 0 Å². The van der Waals surface area contributed by atoms with Gasteiger partial charge in [-0.05, 0) is 43.2 Å². The van der Waals surface area contributed by atoms with Crippen LogP contribution >= 0.6 is 0 Å². The van der Waals surface area contributed by atoms with Crippen LogP contribution in [0.5, 0.6) is 11.5 Å². The van der Waals surface area contributed by atoms with E-state index in [0.29, 0.717) is 5.75 Å². The number of hydrogen-bond donors (Lipinski definition) is 3. The first kappa shape index (κ1) is 14.5. The van der Waals surface area contributed by atoms with E-state index in [1.54, 1.807) is 7.11 Å². The first-order chi connectivity index (χ1) is 10.6. The largest absolute Gasteiger partial charge is 0.507 e. The minimum Gasteiger partial charge on any atom is -0.507 e. The van der Waals surface area contributed by atoms with Gasteiger partial charge in [0.15, 0.2) is 0 Å². The Hall–Kier alpha value is -2.46. The summed E-state index contributed by atoms with van der Waals surface area (Å²) in [5, 5.41) is 10.3. The van der Waals surface area contributed by atoms with E-state index >= 15 is 0 Å². The Morgan fingerprint density at radius 1 is 1.14 bits per heavy atom. The molecule has 1 aliphatic heterocycles. The molecule has 3 rings (SSSR count). The van der Waals surface area contributed by atoms with E-state index in [4.69, 9.17) is 4.74 Å². The molecule has 2 aromatic carbocycles. The molecule has 3 N–H and O–H groups in total. The highest BCUT2D eigenvalue weighted by Crippen LogP contribution is 2.34. The third-order valence-corrected chi connectivity index (χ3v) is 3.90. The summed E-state index contributed by atoms with van der Waals surface area (Å²) in [5.74, 6) is 1.15. The SMILES string of the molecule is COc1ccccc1[C@H]1C=C(c2cc(C)cc(C)c2O)NN1. The summed E-state index contributed by atoms with van der Waals surface area (Å²) in [6, 6.07) is 11.8. The van der Waals surface area contributed by atoms with Crippen LogP contribution in [0, 0.1) is 13.8 Å². The van der Waals surface area contributed by atoms with Crippen molar-refractivity contribution < 1.29 is 9.84 Å². The van der Waals surface area contributed by atoms with E-state index in [0.717, 1.165) is 33.7 Å². The van der Waals surface area contributed by atoms with Crippen molar-refractivity contribution in [1.82, 2.24) is 10.9 Å². The number of methoxy groups -OCH3 is 1. The van der Waals surface area contributed by atoms with E-state index in [1.807, 2.05) is 50.2 Å². The normalized spacial score (nSPS) is 17.0. The van der Waals surface area contributed by atoms with Gasteiger partial charge in [0.2, 0.25) is 0 Å². The van der Waals surface area contributed by atoms with Gasteiger partial charge in [-0.25, -0.2) is 5.43 Å². The molecule has 114 valence electrons. The van der Waals surface area contributed by atoms with Gasteiger partial charge in [-0.15, -0.1) is 0 Å². The number of phenolic OH excluding ortho intramolecular Hbond substituents is 1. The van der Waals surface area contributed by atoms with E-state index in [-0.39, 0.29) is 6.04 Å². The molecule has 0 unspecified atom stereocenters. The second kappa shape index (κ2) is 5.73. The average molecular weight is 296 g/mol. The fraction of sp³-hybridized carbons (Fsp3) is 0.222. The lowest BCUT2D eigenvalue weighted by Crippen LogP contribution is -2.26. The van der Waals surface area contributed by atoms with Crippen molar-refractivity contribution in [2.45, 2.75) is 19.9 Å². The number of aromatic hydroxyl groups is 1. The zero-order valence-corrected chi connectivity index (χ0v) is 13.0. The summed E-state index contributed by atoms with van der Waals surface area (Å²) in [7, 11) is 1.67. The van der Waals surface area contributed by atoms with Crippen LogP contribution in [0.4, 0.5) is 0 Å². The van der Waals surface area contributed by atoms with Gasteiger partial charge in [0.25, 0.3) is 0 Å². The number of phenols is 1. The summed E-state index contributed by atoms with van der Waals surface area (Å²) in [5.41, 5.74) is 11.1. The highest BCUT2D eigenvalue weighted by atomic mass is 16.5.